The fraction of sp³-hybridized carbons (Fsp3) is 0.579. The van der Waals surface area contributed by atoms with E-state index < -0.39 is 29.0 Å². The van der Waals surface area contributed by atoms with E-state index in [1.54, 1.807) is 0 Å². The molecule has 9 heteroatoms. The van der Waals surface area contributed by atoms with Crippen LogP contribution in [0.5, 0.6) is 0 Å². The molecule has 1 aliphatic carbocycles. The molecule has 1 atom stereocenters. The summed E-state index contributed by atoms with van der Waals surface area (Å²) in [5.41, 5.74) is -0.388. The van der Waals surface area contributed by atoms with Gasteiger partial charge in [-0.25, -0.2) is 13.2 Å². The number of hydrogen-bond acceptors (Lipinski definition) is 3. The lowest BCUT2D eigenvalue weighted by atomic mass is 9.91. The first kappa shape index (κ1) is 22.5. The molecule has 1 aromatic carbocycles. The molecular formula is C19H25ClF3N3O2. The molecule has 0 radical (unpaired) electrons. The number of amides is 2. The number of carbonyl (C=O) groups is 2. The van der Waals surface area contributed by atoms with Gasteiger partial charge in [0.2, 0.25) is 11.8 Å². The molecule has 1 saturated carbocycles. The summed E-state index contributed by atoms with van der Waals surface area (Å²) in [5.74, 6) is -5.18. The zero-order chi connectivity index (χ0) is 19.6. The monoisotopic (exact) mass is 419 g/mol. The van der Waals surface area contributed by atoms with Crippen molar-refractivity contribution in [1.29, 1.82) is 0 Å². The Kier molecular flexibility index (Phi) is 7.33. The lowest BCUT2D eigenvalue weighted by molar-refractivity contribution is -0.136. The minimum Gasteiger partial charge on any atom is -0.333 e. The van der Waals surface area contributed by atoms with Crippen LogP contribution < -0.4 is 10.6 Å². The van der Waals surface area contributed by atoms with Crippen molar-refractivity contribution in [3.63, 3.8) is 0 Å². The highest BCUT2D eigenvalue weighted by molar-refractivity contribution is 5.95. The second-order valence-corrected chi connectivity index (χ2v) is 7.40. The van der Waals surface area contributed by atoms with Crippen LogP contribution in [0.4, 0.5) is 18.9 Å². The molecule has 3 rings (SSSR count). The van der Waals surface area contributed by atoms with Crippen LogP contribution >= 0.6 is 12.4 Å². The van der Waals surface area contributed by atoms with E-state index in [0.717, 1.165) is 44.5 Å². The summed E-state index contributed by atoms with van der Waals surface area (Å²) in [5, 5.41) is 5.51. The molecule has 1 spiro atoms. The summed E-state index contributed by atoms with van der Waals surface area (Å²) < 4.78 is 40.0. The average molecular weight is 420 g/mol. The zero-order valence-corrected chi connectivity index (χ0v) is 16.5. The summed E-state index contributed by atoms with van der Waals surface area (Å²) in [7, 11) is 0. The maximum atomic E-state index is 13.7. The van der Waals surface area contributed by atoms with Gasteiger partial charge in [-0.05, 0) is 56.3 Å². The molecule has 1 aromatic rings. The Balaban J connectivity index is 0.00000280. The molecule has 156 valence electrons. The van der Waals surface area contributed by atoms with Crippen molar-refractivity contribution in [1.82, 2.24) is 10.2 Å². The SMILES string of the molecule is CCCN(CC(=O)Nc1ccc(F)c(F)c1F)C(=O)C1CC12CCNCC2.Cl. The van der Waals surface area contributed by atoms with E-state index in [2.05, 4.69) is 10.6 Å². The maximum Gasteiger partial charge on any atom is 0.244 e. The fourth-order valence-electron chi connectivity index (χ4n) is 3.92. The molecule has 0 bridgehead atoms. The Morgan fingerprint density at radius 3 is 2.54 bits per heavy atom. The van der Waals surface area contributed by atoms with Crippen LogP contribution in [-0.2, 0) is 9.59 Å². The Hall–Kier alpha value is -1.80. The third-order valence-corrected chi connectivity index (χ3v) is 5.54. The number of benzene rings is 1. The minimum atomic E-state index is -1.64. The molecular weight excluding hydrogens is 395 g/mol. The van der Waals surface area contributed by atoms with Crippen molar-refractivity contribution in [2.75, 3.05) is 31.5 Å². The van der Waals surface area contributed by atoms with Crippen molar-refractivity contribution in [3.8, 4) is 0 Å². The Bertz CT molecular complexity index is 741. The molecule has 5 nitrogen and oxygen atoms in total. The smallest absolute Gasteiger partial charge is 0.244 e. The molecule has 28 heavy (non-hydrogen) atoms. The van der Waals surface area contributed by atoms with Gasteiger partial charge in [-0.15, -0.1) is 12.4 Å². The van der Waals surface area contributed by atoms with Crippen LogP contribution in [0.15, 0.2) is 12.1 Å². The molecule has 2 amide bonds. The number of nitrogens with one attached hydrogen (secondary N) is 2. The van der Waals surface area contributed by atoms with Gasteiger partial charge in [0.25, 0.3) is 0 Å². The van der Waals surface area contributed by atoms with Gasteiger partial charge in [-0.2, -0.15) is 0 Å². The second-order valence-electron chi connectivity index (χ2n) is 7.40. The van der Waals surface area contributed by atoms with Crippen molar-refractivity contribution in [2.45, 2.75) is 32.6 Å². The lowest BCUT2D eigenvalue weighted by Gasteiger charge is -2.26. The summed E-state index contributed by atoms with van der Waals surface area (Å²) in [6.07, 6.45) is 3.43. The van der Waals surface area contributed by atoms with Crippen molar-refractivity contribution < 1.29 is 22.8 Å². The third-order valence-electron chi connectivity index (χ3n) is 5.54. The van der Waals surface area contributed by atoms with Crippen molar-refractivity contribution in [2.24, 2.45) is 11.3 Å². The molecule has 0 aromatic heterocycles. The average Bonchev–Trinajstić information content (AvgIpc) is 3.34. The first-order chi connectivity index (χ1) is 12.9. The number of nitrogens with zero attached hydrogens (tertiary/aromatic N) is 1. The van der Waals surface area contributed by atoms with Crippen LogP contribution in [0.25, 0.3) is 0 Å². The van der Waals surface area contributed by atoms with E-state index in [4.69, 9.17) is 0 Å². The predicted octanol–water partition coefficient (Wildman–Crippen LogP) is 3.09. The Morgan fingerprint density at radius 1 is 1.21 bits per heavy atom. The molecule has 1 aliphatic heterocycles. The highest BCUT2D eigenvalue weighted by Gasteiger charge is 2.58. The van der Waals surface area contributed by atoms with E-state index in [-0.39, 0.29) is 36.2 Å². The molecule has 1 saturated heterocycles. The standard InChI is InChI=1S/C19H24F3N3O2.ClH/c1-2-9-25(18(27)12-10-19(12)5-7-23-8-6-19)11-15(26)24-14-4-3-13(20)16(21)17(14)22;/h3-4,12,23H,2,5-11H2,1H3,(H,24,26);1H. The second kappa shape index (κ2) is 9.13. The molecule has 1 unspecified atom stereocenters. The lowest BCUT2D eigenvalue weighted by Crippen LogP contribution is -2.41. The van der Waals surface area contributed by atoms with Crippen molar-refractivity contribution >= 4 is 29.9 Å². The van der Waals surface area contributed by atoms with Crippen LogP contribution in [0.2, 0.25) is 0 Å². The first-order valence-electron chi connectivity index (χ1n) is 9.31. The Morgan fingerprint density at radius 2 is 1.89 bits per heavy atom. The van der Waals surface area contributed by atoms with Gasteiger partial charge >= 0.3 is 0 Å². The third kappa shape index (κ3) is 4.60. The van der Waals surface area contributed by atoms with Gasteiger partial charge in [-0.3, -0.25) is 9.59 Å². The summed E-state index contributed by atoms with van der Waals surface area (Å²) in [6, 6.07) is 1.70. The van der Waals surface area contributed by atoms with Crippen molar-refractivity contribution in [3.05, 3.63) is 29.6 Å². The number of carbonyl (C=O) groups excluding carboxylic acids is 2. The van der Waals surface area contributed by atoms with Gasteiger partial charge in [0.1, 0.15) is 0 Å². The van der Waals surface area contributed by atoms with E-state index in [0.29, 0.717) is 13.0 Å². The number of rotatable bonds is 6. The largest absolute Gasteiger partial charge is 0.333 e. The van der Waals surface area contributed by atoms with Gasteiger partial charge in [0, 0.05) is 12.5 Å². The van der Waals surface area contributed by atoms with Crippen LogP contribution in [0.3, 0.4) is 0 Å². The highest BCUT2D eigenvalue weighted by atomic mass is 35.5. The fourth-order valence-corrected chi connectivity index (χ4v) is 3.92. The minimum absolute atomic E-state index is 0. The maximum absolute atomic E-state index is 13.7. The van der Waals surface area contributed by atoms with Gasteiger partial charge in [0.05, 0.1) is 12.2 Å². The highest BCUT2D eigenvalue weighted by Crippen LogP contribution is 2.59. The number of piperidine rings is 1. The topological polar surface area (TPSA) is 61.4 Å². The van der Waals surface area contributed by atoms with Gasteiger partial charge in [-0.1, -0.05) is 6.92 Å². The van der Waals surface area contributed by atoms with Crippen LogP contribution in [0, 0.1) is 28.8 Å². The molecule has 2 fully saturated rings. The number of anilines is 1. The van der Waals surface area contributed by atoms with E-state index in [9.17, 15) is 22.8 Å². The first-order valence-corrected chi connectivity index (χ1v) is 9.31. The van der Waals surface area contributed by atoms with Gasteiger partial charge in [0.15, 0.2) is 17.5 Å². The van der Waals surface area contributed by atoms with Crippen LogP contribution in [-0.4, -0.2) is 42.9 Å². The van der Waals surface area contributed by atoms with Gasteiger partial charge < -0.3 is 15.5 Å². The zero-order valence-electron chi connectivity index (χ0n) is 15.7. The summed E-state index contributed by atoms with van der Waals surface area (Å²) in [4.78, 5) is 26.6. The molecule has 2 N–H and O–H groups in total. The predicted molar refractivity (Wildman–Crippen MR) is 102 cm³/mol. The summed E-state index contributed by atoms with van der Waals surface area (Å²) in [6.45, 7) is 3.87. The summed E-state index contributed by atoms with van der Waals surface area (Å²) >= 11 is 0. The quantitative estimate of drug-likeness (QED) is 0.696. The van der Waals surface area contributed by atoms with E-state index >= 15 is 0 Å². The number of hydrogen-bond donors (Lipinski definition) is 2. The molecule has 2 aliphatic rings. The number of halogens is 4. The van der Waals surface area contributed by atoms with E-state index in [1.165, 1.54) is 4.90 Å². The van der Waals surface area contributed by atoms with Crippen LogP contribution in [0.1, 0.15) is 32.6 Å². The van der Waals surface area contributed by atoms with E-state index in [1.807, 2.05) is 6.92 Å². The molecule has 1 heterocycles. The normalized spacial score (nSPS) is 19.6. The Labute approximate surface area is 168 Å².